The minimum absolute atomic E-state index is 0.0415. The molecule has 1 rings (SSSR count). The van der Waals surface area contributed by atoms with Crippen LogP contribution >= 0.6 is 0 Å². The van der Waals surface area contributed by atoms with Crippen molar-refractivity contribution in [2.24, 2.45) is 5.92 Å². The lowest BCUT2D eigenvalue weighted by Gasteiger charge is -2.17. The molecule has 0 saturated heterocycles. The van der Waals surface area contributed by atoms with Gasteiger partial charge in [-0.05, 0) is 30.9 Å². The molecule has 0 spiro atoms. The Bertz CT molecular complexity index is 614. The van der Waals surface area contributed by atoms with Gasteiger partial charge in [0.25, 0.3) is 5.69 Å². The average molecular weight is 464 g/mol. The second-order valence-corrected chi connectivity index (χ2v) is 9.10. The maximum absolute atomic E-state index is 12.1. The molecule has 0 unspecified atom stereocenters. The van der Waals surface area contributed by atoms with Gasteiger partial charge in [-0.25, -0.2) is 4.79 Å². The Morgan fingerprint density at radius 1 is 0.788 bits per heavy atom. The van der Waals surface area contributed by atoms with Gasteiger partial charge in [0.05, 0.1) is 11.5 Å². The van der Waals surface area contributed by atoms with E-state index in [0.717, 1.165) is 12.8 Å². The zero-order valence-electron chi connectivity index (χ0n) is 20.9. The highest BCUT2D eigenvalue weighted by atomic mass is 16.7. The third-order valence-electron chi connectivity index (χ3n) is 6.12. The Hall–Kier alpha value is -2.11. The number of ether oxygens (including phenoxy) is 2. The SMILES string of the molecule is CCCCCCCCCC(CCCCCCCCC)COC(=O)Oc1ccc([N+](=O)[O-])cc1. The van der Waals surface area contributed by atoms with Gasteiger partial charge in [-0.1, -0.05) is 104 Å². The number of nitrogens with zero attached hydrogens (tertiary/aromatic N) is 1. The number of non-ortho nitro benzene ring substituents is 1. The summed E-state index contributed by atoms with van der Waals surface area (Å²) >= 11 is 0. The number of hydrogen-bond acceptors (Lipinski definition) is 5. The quantitative estimate of drug-likeness (QED) is 0.0633. The second kappa shape index (κ2) is 19.4. The maximum Gasteiger partial charge on any atom is 0.513 e. The highest BCUT2D eigenvalue weighted by Gasteiger charge is 2.14. The number of nitro groups is 1. The van der Waals surface area contributed by atoms with Crippen LogP contribution < -0.4 is 4.74 Å². The lowest BCUT2D eigenvalue weighted by Crippen LogP contribution is -2.17. The minimum Gasteiger partial charge on any atom is -0.434 e. The van der Waals surface area contributed by atoms with Gasteiger partial charge >= 0.3 is 6.16 Å². The molecule has 1 aromatic carbocycles. The molecule has 0 atom stereocenters. The standard InChI is InChI=1S/C27H45NO5/c1-3-5-7-9-11-13-15-17-24(18-16-14-12-10-8-6-4-2)23-32-27(29)33-26-21-19-25(20-22-26)28(30)31/h19-22,24H,3-18,23H2,1-2H3. The molecule has 0 aliphatic rings. The molecule has 0 fully saturated rings. The van der Waals surface area contributed by atoms with Gasteiger partial charge in [-0.3, -0.25) is 10.1 Å². The number of hydrogen-bond donors (Lipinski definition) is 0. The van der Waals surface area contributed by atoms with E-state index in [1.54, 1.807) is 0 Å². The van der Waals surface area contributed by atoms with E-state index in [1.807, 2.05) is 0 Å². The second-order valence-electron chi connectivity index (χ2n) is 9.10. The van der Waals surface area contributed by atoms with Crippen LogP contribution in [-0.4, -0.2) is 17.7 Å². The molecular formula is C27H45NO5. The van der Waals surface area contributed by atoms with E-state index >= 15 is 0 Å². The summed E-state index contributed by atoms with van der Waals surface area (Å²) in [6.07, 6.45) is 19.3. The molecule has 0 N–H and O–H groups in total. The third kappa shape index (κ3) is 15.4. The zero-order valence-corrected chi connectivity index (χ0v) is 20.9. The largest absolute Gasteiger partial charge is 0.513 e. The predicted octanol–water partition coefficient (Wildman–Crippen LogP) is 9.01. The number of benzene rings is 1. The van der Waals surface area contributed by atoms with Crippen LogP contribution in [0, 0.1) is 16.0 Å². The fourth-order valence-corrected chi connectivity index (χ4v) is 4.04. The first kappa shape index (κ1) is 28.9. The molecule has 1 aromatic rings. The van der Waals surface area contributed by atoms with Gasteiger partial charge in [0.1, 0.15) is 5.75 Å². The van der Waals surface area contributed by atoms with E-state index in [-0.39, 0.29) is 11.4 Å². The summed E-state index contributed by atoms with van der Waals surface area (Å²) in [5.41, 5.74) is -0.0415. The Morgan fingerprint density at radius 3 is 1.70 bits per heavy atom. The van der Waals surface area contributed by atoms with Crippen LogP contribution in [0.25, 0.3) is 0 Å². The molecule has 0 heterocycles. The van der Waals surface area contributed by atoms with Gasteiger partial charge in [-0.15, -0.1) is 0 Å². The molecule has 0 bridgehead atoms. The Labute approximate surface area is 200 Å². The summed E-state index contributed by atoms with van der Waals surface area (Å²) < 4.78 is 10.6. The van der Waals surface area contributed by atoms with E-state index in [0.29, 0.717) is 12.5 Å². The molecule has 0 saturated carbocycles. The first-order chi connectivity index (χ1) is 16.1. The van der Waals surface area contributed by atoms with Crippen LogP contribution in [0.1, 0.15) is 117 Å². The first-order valence-corrected chi connectivity index (χ1v) is 13.2. The van der Waals surface area contributed by atoms with Crippen molar-refractivity contribution in [1.29, 1.82) is 0 Å². The van der Waals surface area contributed by atoms with Gasteiger partial charge < -0.3 is 9.47 Å². The highest BCUT2D eigenvalue weighted by Crippen LogP contribution is 2.21. The van der Waals surface area contributed by atoms with Crippen molar-refractivity contribution in [1.82, 2.24) is 0 Å². The van der Waals surface area contributed by atoms with Crippen LogP contribution in [0.2, 0.25) is 0 Å². The van der Waals surface area contributed by atoms with Crippen molar-refractivity contribution in [2.45, 2.75) is 117 Å². The fraction of sp³-hybridized carbons (Fsp3) is 0.741. The van der Waals surface area contributed by atoms with Gasteiger partial charge in [0.2, 0.25) is 0 Å². The summed E-state index contributed by atoms with van der Waals surface area (Å²) in [5, 5.41) is 10.7. The van der Waals surface area contributed by atoms with Crippen LogP contribution in [0.3, 0.4) is 0 Å². The topological polar surface area (TPSA) is 78.7 Å². The molecule has 0 aliphatic carbocycles. The fourth-order valence-electron chi connectivity index (χ4n) is 4.04. The van der Waals surface area contributed by atoms with Crippen molar-refractivity contribution in [3.63, 3.8) is 0 Å². The maximum atomic E-state index is 12.1. The molecule has 6 heteroatoms. The first-order valence-electron chi connectivity index (χ1n) is 13.2. The smallest absolute Gasteiger partial charge is 0.434 e. The van der Waals surface area contributed by atoms with Crippen LogP contribution in [0.4, 0.5) is 10.5 Å². The van der Waals surface area contributed by atoms with Crippen LogP contribution in [0.5, 0.6) is 5.75 Å². The molecule has 0 amide bonds. The van der Waals surface area contributed by atoms with Gasteiger partial charge in [0, 0.05) is 12.1 Å². The molecule has 0 radical (unpaired) electrons. The molecule has 33 heavy (non-hydrogen) atoms. The van der Waals surface area contributed by atoms with Crippen molar-refractivity contribution in [3.8, 4) is 5.75 Å². The normalized spacial score (nSPS) is 11.0. The van der Waals surface area contributed by atoms with Gasteiger partial charge in [-0.2, -0.15) is 0 Å². The van der Waals surface area contributed by atoms with Crippen molar-refractivity contribution in [3.05, 3.63) is 34.4 Å². The van der Waals surface area contributed by atoms with E-state index in [4.69, 9.17) is 9.47 Å². The Morgan fingerprint density at radius 2 is 1.24 bits per heavy atom. The lowest BCUT2D eigenvalue weighted by molar-refractivity contribution is -0.384. The van der Waals surface area contributed by atoms with Crippen molar-refractivity contribution >= 4 is 11.8 Å². The number of rotatable bonds is 20. The summed E-state index contributed by atoms with van der Waals surface area (Å²) in [5.74, 6) is 0.613. The monoisotopic (exact) mass is 463 g/mol. The summed E-state index contributed by atoms with van der Waals surface area (Å²) in [6.45, 7) is 4.85. The van der Waals surface area contributed by atoms with Crippen LogP contribution in [-0.2, 0) is 4.74 Å². The molecular weight excluding hydrogens is 418 g/mol. The average Bonchev–Trinajstić information content (AvgIpc) is 2.81. The number of carbonyl (C=O) groups excluding carboxylic acids is 1. The van der Waals surface area contributed by atoms with Gasteiger partial charge in [0.15, 0.2) is 0 Å². The molecule has 188 valence electrons. The molecule has 0 aliphatic heterocycles. The number of carbonyl (C=O) groups is 1. The number of unbranched alkanes of at least 4 members (excludes halogenated alkanes) is 12. The third-order valence-corrected chi connectivity index (χ3v) is 6.12. The van der Waals surface area contributed by atoms with E-state index in [1.165, 1.54) is 114 Å². The van der Waals surface area contributed by atoms with E-state index < -0.39 is 11.1 Å². The lowest BCUT2D eigenvalue weighted by atomic mass is 9.94. The molecule has 0 aromatic heterocycles. The zero-order chi connectivity index (χ0) is 24.2. The summed E-state index contributed by atoms with van der Waals surface area (Å²) in [4.78, 5) is 22.4. The summed E-state index contributed by atoms with van der Waals surface area (Å²) in [7, 11) is 0. The predicted molar refractivity (Wildman–Crippen MR) is 134 cm³/mol. The highest BCUT2D eigenvalue weighted by molar-refractivity contribution is 5.64. The van der Waals surface area contributed by atoms with Crippen molar-refractivity contribution in [2.75, 3.05) is 6.61 Å². The minimum atomic E-state index is -0.743. The Kier molecular flexibility index (Phi) is 17.0. The number of nitro benzene ring substituents is 1. The summed E-state index contributed by atoms with van der Waals surface area (Å²) in [6, 6.07) is 5.45. The van der Waals surface area contributed by atoms with Crippen molar-refractivity contribution < 1.29 is 19.2 Å². The van der Waals surface area contributed by atoms with Crippen LogP contribution in [0.15, 0.2) is 24.3 Å². The van der Waals surface area contributed by atoms with E-state index in [9.17, 15) is 14.9 Å². The van der Waals surface area contributed by atoms with E-state index in [2.05, 4.69) is 13.8 Å². The Balaban J connectivity index is 2.36. The molecule has 6 nitrogen and oxygen atoms in total.